The van der Waals surface area contributed by atoms with Crippen molar-refractivity contribution in [1.29, 1.82) is 0 Å². The van der Waals surface area contributed by atoms with Crippen LogP contribution in [0.15, 0.2) is 11.6 Å². The van der Waals surface area contributed by atoms with Crippen LogP contribution in [0.2, 0.25) is 0 Å². The van der Waals surface area contributed by atoms with Crippen molar-refractivity contribution in [3.8, 4) is 0 Å². The fraction of sp³-hybridized carbons (Fsp3) is 0.852. The van der Waals surface area contributed by atoms with Crippen molar-refractivity contribution < 1.29 is 19.1 Å². The van der Waals surface area contributed by atoms with Crippen molar-refractivity contribution in [1.82, 2.24) is 0 Å². The van der Waals surface area contributed by atoms with Crippen molar-refractivity contribution in [3.05, 3.63) is 11.6 Å². The minimum Gasteiger partial charge on any atom is -0.349 e. The Kier molecular flexibility index (Phi) is 4.34. The molecular formula is C27H38O4. The van der Waals surface area contributed by atoms with Gasteiger partial charge in [-0.1, -0.05) is 27.7 Å². The van der Waals surface area contributed by atoms with Gasteiger partial charge in [0.1, 0.15) is 0 Å². The number of ether oxygens (including phenoxy) is 2. The lowest BCUT2D eigenvalue weighted by molar-refractivity contribution is -0.272. The van der Waals surface area contributed by atoms with Crippen LogP contribution in [0.4, 0.5) is 0 Å². The zero-order chi connectivity index (χ0) is 21.8. The molecule has 0 bridgehead atoms. The van der Waals surface area contributed by atoms with Gasteiger partial charge in [-0.05, 0) is 78.6 Å². The molecule has 1 spiro atoms. The highest BCUT2D eigenvalue weighted by molar-refractivity contribution is 6.05. The Morgan fingerprint density at radius 3 is 2.58 bits per heavy atom. The first-order valence-electron chi connectivity index (χ1n) is 12.8. The van der Waals surface area contributed by atoms with Gasteiger partial charge in [0.05, 0.1) is 12.7 Å². The number of fused-ring (bicyclic) bond motifs is 7. The van der Waals surface area contributed by atoms with Crippen molar-refractivity contribution in [2.24, 2.45) is 46.3 Å². The molecule has 3 saturated carbocycles. The summed E-state index contributed by atoms with van der Waals surface area (Å²) in [5.41, 5.74) is 0.965. The third-order valence-electron chi connectivity index (χ3n) is 11.1. The molecule has 2 saturated heterocycles. The van der Waals surface area contributed by atoms with Crippen LogP contribution in [0.1, 0.15) is 79.1 Å². The second kappa shape index (κ2) is 6.53. The minimum absolute atomic E-state index is 0.108. The van der Waals surface area contributed by atoms with Gasteiger partial charge in [-0.2, -0.15) is 0 Å². The molecule has 4 heteroatoms. The first kappa shape index (κ1) is 20.6. The first-order chi connectivity index (χ1) is 14.7. The van der Waals surface area contributed by atoms with Crippen LogP contribution in [0.5, 0.6) is 0 Å². The highest BCUT2D eigenvalue weighted by Gasteiger charge is 2.69. The highest BCUT2D eigenvalue weighted by atomic mass is 16.7. The first-order valence-corrected chi connectivity index (χ1v) is 12.8. The molecule has 4 nitrogen and oxygen atoms in total. The van der Waals surface area contributed by atoms with Gasteiger partial charge >= 0.3 is 0 Å². The Balaban J connectivity index is 1.31. The second-order valence-corrected chi connectivity index (χ2v) is 12.5. The summed E-state index contributed by atoms with van der Waals surface area (Å²) in [6.45, 7) is 10.2. The van der Waals surface area contributed by atoms with E-state index >= 15 is 0 Å². The fourth-order valence-electron chi connectivity index (χ4n) is 9.40. The number of rotatable bonds is 0. The summed E-state index contributed by atoms with van der Waals surface area (Å²) < 4.78 is 13.2. The number of carbonyl (C=O) groups excluding carboxylic acids is 2. The van der Waals surface area contributed by atoms with Gasteiger partial charge < -0.3 is 9.47 Å². The van der Waals surface area contributed by atoms with E-state index in [0.717, 1.165) is 31.4 Å². The average molecular weight is 427 g/mol. The number of carbonyl (C=O) groups is 2. The van der Waals surface area contributed by atoms with E-state index in [1.165, 1.54) is 19.3 Å². The molecule has 31 heavy (non-hydrogen) atoms. The van der Waals surface area contributed by atoms with E-state index in [0.29, 0.717) is 48.3 Å². The standard InChI is InChI=1S/C27H38O4/c1-15-5-10-27(30-14-15)16(2)24-23(31-27)13-20-18-12-22(29)21-11-17(28)6-8-25(21,3)19(18)7-9-26(20,24)4/h11,15-16,18-20,23-24H,5-10,12-14H2,1-4H3/t15-,16-,18+,19+,20-,23-,24-,25+,26+,27-/m1/s1. The normalized spacial score (nSPS) is 56.0. The Morgan fingerprint density at radius 1 is 1.03 bits per heavy atom. The summed E-state index contributed by atoms with van der Waals surface area (Å²) in [5.74, 6) is 3.08. The van der Waals surface area contributed by atoms with Gasteiger partial charge in [0.2, 0.25) is 0 Å². The molecule has 4 aliphatic carbocycles. The van der Waals surface area contributed by atoms with E-state index < -0.39 is 0 Å². The molecule has 0 radical (unpaired) electrons. The lowest BCUT2D eigenvalue weighted by atomic mass is 9.46. The van der Waals surface area contributed by atoms with Crippen LogP contribution in [0.3, 0.4) is 0 Å². The summed E-state index contributed by atoms with van der Waals surface area (Å²) in [6.07, 6.45) is 9.73. The molecule has 5 fully saturated rings. The van der Waals surface area contributed by atoms with Crippen LogP contribution >= 0.6 is 0 Å². The van der Waals surface area contributed by atoms with Gasteiger partial charge in [-0.15, -0.1) is 0 Å². The molecule has 6 rings (SSSR count). The molecule has 170 valence electrons. The van der Waals surface area contributed by atoms with Crippen LogP contribution in [0.25, 0.3) is 0 Å². The van der Waals surface area contributed by atoms with E-state index in [4.69, 9.17) is 9.47 Å². The van der Waals surface area contributed by atoms with Crippen molar-refractivity contribution in [2.45, 2.75) is 91.0 Å². The maximum Gasteiger partial charge on any atom is 0.171 e. The van der Waals surface area contributed by atoms with Crippen LogP contribution in [0, 0.1) is 46.3 Å². The van der Waals surface area contributed by atoms with E-state index in [9.17, 15) is 9.59 Å². The van der Waals surface area contributed by atoms with Crippen LogP contribution in [-0.2, 0) is 19.1 Å². The maximum atomic E-state index is 13.2. The second-order valence-electron chi connectivity index (χ2n) is 12.5. The summed E-state index contributed by atoms with van der Waals surface area (Å²) >= 11 is 0. The zero-order valence-electron chi connectivity index (χ0n) is 19.6. The maximum absolute atomic E-state index is 13.2. The van der Waals surface area contributed by atoms with E-state index in [1.807, 2.05) is 0 Å². The monoisotopic (exact) mass is 426 g/mol. The van der Waals surface area contributed by atoms with Crippen molar-refractivity contribution in [2.75, 3.05) is 6.61 Å². The van der Waals surface area contributed by atoms with E-state index in [1.54, 1.807) is 6.08 Å². The molecule has 6 aliphatic rings. The molecule has 0 amide bonds. The molecule has 2 heterocycles. The van der Waals surface area contributed by atoms with Gasteiger partial charge in [0.15, 0.2) is 17.4 Å². The smallest absolute Gasteiger partial charge is 0.171 e. The highest BCUT2D eigenvalue weighted by Crippen LogP contribution is 2.70. The average Bonchev–Trinajstić information content (AvgIpc) is 3.17. The molecule has 0 aromatic heterocycles. The third-order valence-corrected chi connectivity index (χ3v) is 11.1. The SMILES string of the molecule is C[C@@H]1CC[C@@]2(OC1)O[C@@H]1C[C@@H]3[C@H]4CC(=O)C5=CC(=O)CC[C@@]5(C)[C@H]4CC[C@]3(C)[C@@H]1[C@H]2C. The summed E-state index contributed by atoms with van der Waals surface area (Å²) in [7, 11) is 0. The lowest BCUT2D eigenvalue weighted by Crippen LogP contribution is -2.54. The summed E-state index contributed by atoms with van der Waals surface area (Å²) in [6, 6.07) is 0. The Morgan fingerprint density at radius 2 is 1.84 bits per heavy atom. The quantitative estimate of drug-likeness (QED) is 0.541. The van der Waals surface area contributed by atoms with Gasteiger partial charge in [-0.3, -0.25) is 9.59 Å². The Bertz CT molecular complexity index is 851. The van der Waals surface area contributed by atoms with Crippen LogP contribution in [-0.4, -0.2) is 30.1 Å². The lowest BCUT2D eigenvalue weighted by Gasteiger charge is -2.58. The Labute approximate surface area is 186 Å². The predicted octanol–water partition coefficient (Wildman–Crippen LogP) is 5.10. The molecule has 10 atom stereocenters. The van der Waals surface area contributed by atoms with Gasteiger partial charge in [0.25, 0.3) is 0 Å². The number of allylic oxidation sites excluding steroid dienone is 1. The van der Waals surface area contributed by atoms with Gasteiger partial charge in [-0.25, -0.2) is 0 Å². The van der Waals surface area contributed by atoms with Crippen molar-refractivity contribution >= 4 is 11.6 Å². The molecule has 0 unspecified atom stereocenters. The van der Waals surface area contributed by atoms with Crippen molar-refractivity contribution in [3.63, 3.8) is 0 Å². The topological polar surface area (TPSA) is 52.6 Å². The number of ketones is 2. The van der Waals surface area contributed by atoms with Crippen LogP contribution < -0.4 is 0 Å². The molecule has 0 aromatic rings. The number of hydrogen-bond donors (Lipinski definition) is 0. The number of Topliss-reactive ketones (excluding diaryl/α,β-unsaturated/α-hetero) is 1. The van der Waals surface area contributed by atoms with Gasteiger partial charge in [0, 0.05) is 30.8 Å². The summed E-state index contributed by atoms with van der Waals surface area (Å²) in [5, 5.41) is 0. The molecule has 2 aliphatic heterocycles. The minimum atomic E-state index is -0.374. The van der Waals surface area contributed by atoms with E-state index in [-0.39, 0.29) is 34.3 Å². The largest absolute Gasteiger partial charge is 0.349 e. The van der Waals surface area contributed by atoms with E-state index in [2.05, 4.69) is 27.7 Å². The predicted molar refractivity (Wildman–Crippen MR) is 117 cm³/mol. The molecular weight excluding hydrogens is 388 g/mol. The fourth-order valence-corrected chi connectivity index (χ4v) is 9.40. The zero-order valence-corrected chi connectivity index (χ0v) is 19.6. The summed E-state index contributed by atoms with van der Waals surface area (Å²) in [4.78, 5) is 25.3. The molecule has 0 N–H and O–H groups in total. The number of hydrogen-bond acceptors (Lipinski definition) is 4. The third kappa shape index (κ3) is 2.61. The Hall–Kier alpha value is -1.00. The molecule has 0 aromatic carbocycles.